The monoisotopic (exact) mass is 386 g/mol. The first-order valence-electron chi connectivity index (χ1n) is 9.07. The molecule has 3 rings (SSSR count). The van der Waals surface area contributed by atoms with Crippen molar-refractivity contribution in [3.63, 3.8) is 0 Å². The highest BCUT2D eigenvalue weighted by molar-refractivity contribution is 7.12. The first-order valence-corrected chi connectivity index (χ1v) is 9.89. The molecule has 6 nitrogen and oxygen atoms in total. The molecule has 0 aliphatic carbocycles. The minimum atomic E-state index is -0.138. The van der Waals surface area contributed by atoms with E-state index in [-0.39, 0.29) is 18.0 Å². The van der Waals surface area contributed by atoms with Crippen LogP contribution in [0.4, 0.5) is 0 Å². The predicted molar refractivity (Wildman–Crippen MR) is 110 cm³/mol. The Hall–Kier alpha value is -2.25. The number of carbonyl (C=O) groups is 1. The third-order valence-corrected chi connectivity index (χ3v) is 5.38. The summed E-state index contributed by atoms with van der Waals surface area (Å²) in [6, 6.07) is 4.07. The number of methoxy groups -OCH3 is 1. The van der Waals surface area contributed by atoms with Gasteiger partial charge in [0.05, 0.1) is 29.4 Å². The molecule has 0 radical (unpaired) electrons. The Kier molecular flexibility index (Phi) is 5.62. The first-order chi connectivity index (χ1) is 12.8. The smallest absolute Gasteiger partial charge is 0.252 e. The lowest BCUT2D eigenvalue weighted by atomic mass is 10.1. The number of carbonyl (C=O) groups excluding carboxylic acids is 1. The Morgan fingerprint density at radius 1 is 1.30 bits per heavy atom. The summed E-state index contributed by atoms with van der Waals surface area (Å²) in [6.45, 7) is 10.7. The SMILES string of the molecule is COC[C@@H](C)NC(=O)c1cc(-c2cc(C)sc2C)nc2c1cnn2C(C)C. The van der Waals surface area contributed by atoms with Crippen LogP contribution in [0.3, 0.4) is 0 Å². The summed E-state index contributed by atoms with van der Waals surface area (Å²) in [5.41, 5.74) is 3.19. The Balaban J connectivity index is 2.16. The Morgan fingerprint density at radius 2 is 2.04 bits per heavy atom. The van der Waals surface area contributed by atoms with Crippen molar-refractivity contribution in [2.45, 2.75) is 46.7 Å². The second-order valence-corrected chi connectivity index (χ2v) is 8.59. The molecule has 7 heteroatoms. The minimum absolute atomic E-state index is 0.0839. The highest BCUT2D eigenvalue weighted by atomic mass is 32.1. The van der Waals surface area contributed by atoms with Crippen molar-refractivity contribution >= 4 is 28.3 Å². The Labute approximate surface area is 163 Å². The lowest BCUT2D eigenvalue weighted by Gasteiger charge is -2.14. The Bertz CT molecular complexity index is 974. The Morgan fingerprint density at radius 3 is 2.63 bits per heavy atom. The summed E-state index contributed by atoms with van der Waals surface area (Å²) in [4.78, 5) is 20.2. The fraction of sp³-hybridized carbons (Fsp3) is 0.450. The molecule has 0 saturated heterocycles. The molecule has 0 aliphatic heterocycles. The van der Waals surface area contributed by atoms with Crippen molar-refractivity contribution in [3.8, 4) is 11.3 Å². The summed E-state index contributed by atoms with van der Waals surface area (Å²) in [5, 5.41) is 8.23. The molecule has 0 aliphatic rings. The van der Waals surface area contributed by atoms with Gasteiger partial charge in [-0.05, 0) is 46.8 Å². The zero-order valence-corrected chi connectivity index (χ0v) is 17.5. The lowest BCUT2D eigenvalue weighted by molar-refractivity contribution is 0.0907. The number of aromatic nitrogens is 3. The zero-order valence-electron chi connectivity index (χ0n) is 16.7. The maximum atomic E-state index is 13.0. The molecule has 144 valence electrons. The van der Waals surface area contributed by atoms with E-state index in [0.29, 0.717) is 12.2 Å². The molecule has 0 saturated carbocycles. The van der Waals surface area contributed by atoms with Gasteiger partial charge in [0.1, 0.15) is 0 Å². The second kappa shape index (κ2) is 7.78. The number of hydrogen-bond donors (Lipinski definition) is 1. The van der Waals surface area contributed by atoms with Crippen molar-refractivity contribution in [2.24, 2.45) is 0 Å². The topological polar surface area (TPSA) is 69.0 Å². The normalized spacial score (nSPS) is 12.7. The summed E-state index contributed by atoms with van der Waals surface area (Å²) in [5.74, 6) is -0.138. The fourth-order valence-corrected chi connectivity index (χ4v) is 4.13. The maximum Gasteiger partial charge on any atom is 0.252 e. The standard InChI is InChI=1S/C20H26N4O2S/c1-11(2)24-19-17(9-21-24)16(20(25)22-12(3)10-26-6)8-18(23-19)15-7-13(4)27-14(15)5/h7-9,11-12H,10H2,1-6H3,(H,22,25)/t12-/m1/s1. The number of aryl methyl sites for hydroxylation is 2. The molecule has 27 heavy (non-hydrogen) atoms. The van der Waals surface area contributed by atoms with Crippen LogP contribution in [0.15, 0.2) is 18.3 Å². The van der Waals surface area contributed by atoms with E-state index >= 15 is 0 Å². The van der Waals surface area contributed by atoms with Crippen LogP contribution in [0.5, 0.6) is 0 Å². The molecule has 0 spiro atoms. The largest absolute Gasteiger partial charge is 0.383 e. The fourth-order valence-electron chi connectivity index (χ4n) is 3.20. The van der Waals surface area contributed by atoms with Gasteiger partial charge in [0.25, 0.3) is 5.91 Å². The summed E-state index contributed by atoms with van der Waals surface area (Å²) in [7, 11) is 1.62. The first kappa shape index (κ1) is 19.5. The van der Waals surface area contributed by atoms with Crippen LogP contribution in [0.2, 0.25) is 0 Å². The van der Waals surface area contributed by atoms with E-state index in [0.717, 1.165) is 22.3 Å². The highest BCUT2D eigenvalue weighted by Gasteiger charge is 2.20. The zero-order chi connectivity index (χ0) is 19.7. The van der Waals surface area contributed by atoms with Crippen molar-refractivity contribution in [2.75, 3.05) is 13.7 Å². The molecular weight excluding hydrogens is 360 g/mol. The van der Waals surface area contributed by atoms with Gasteiger partial charge in [0.2, 0.25) is 0 Å². The van der Waals surface area contributed by atoms with Crippen molar-refractivity contribution < 1.29 is 9.53 Å². The van der Waals surface area contributed by atoms with E-state index in [1.54, 1.807) is 24.6 Å². The van der Waals surface area contributed by atoms with Crippen LogP contribution < -0.4 is 5.32 Å². The van der Waals surface area contributed by atoms with Gasteiger partial charge in [0, 0.05) is 34.5 Å². The predicted octanol–water partition coefficient (Wildman–Crippen LogP) is 4.12. The van der Waals surface area contributed by atoms with Crippen LogP contribution in [-0.2, 0) is 4.74 Å². The number of hydrogen-bond acceptors (Lipinski definition) is 5. The molecule has 1 atom stereocenters. The van der Waals surface area contributed by atoms with E-state index < -0.39 is 0 Å². The maximum absolute atomic E-state index is 13.0. The molecule has 0 bridgehead atoms. The van der Waals surface area contributed by atoms with E-state index in [9.17, 15) is 4.79 Å². The van der Waals surface area contributed by atoms with Crippen LogP contribution in [0, 0.1) is 13.8 Å². The molecular formula is C20H26N4O2S. The number of pyridine rings is 1. The molecule has 3 heterocycles. The number of amides is 1. The summed E-state index contributed by atoms with van der Waals surface area (Å²) in [6.07, 6.45) is 1.73. The number of ether oxygens (including phenoxy) is 1. The number of nitrogens with zero attached hydrogens (tertiary/aromatic N) is 3. The van der Waals surface area contributed by atoms with Crippen LogP contribution in [0.1, 0.15) is 46.9 Å². The molecule has 1 amide bonds. The molecule has 3 aromatic rings. The number of thiophene rings is 1. The van der Waals surface area contributed by atoms with Gasteiger partial charge < -0.3 is 10.1 Å². The second-order valence-electron chi connectivity index (χ2n) is 7.13. The van der Waals surface area contributed by atoms with Gasteiger partial charge in [-0.1, -0.05) is 0 Å². The number of nitrogens with one attached hydrogen (secondary N) is 1. The van der Waals surface area contributed by atoms with Crippen molar-refractivity contribution in [3.05, 3.63) is 33.6 Å². The minimum Gasteiger partial charge on any atom is -0.383 e. The van der Waals surface area contributed by atoms with Crippen LogP contribution in [-0.4, -0.2) is 40.4 Å². The molecule has 1 N–H and O–H groups in total. The van der Waals surface area contributed by atoms with Crippen molar-refractivity contribution in [1.29, 1.82) is 0 Å². The quantitative estimate of drug-likeness (QED) is 0.692. The number of rotatable bonds is 6. The van der Waals surface area contributed by atoms with Gasteiger partial charge in [-0.15, -0.1) is 11.3 Å². The van der Waals surface area contributed by atoms with E-state index in [1.807, 2.05) is 17.7 Å². The third kappa shape index (κ3) is 3.89. The molecule has 0 unspecified atom stereocenters. The molecule has 3 aromatic heterocycles. The third-order valence-electron chi connectivity index (χ3n) is 4.41. The van der Waals surface area contributed by atoms with Gasteiger partial charge in [-0.2, -0.15) is 5.10 Å². The molecule has 0 fully saturated rings. The van der Waals surface area contributed by atoms with E-state index in [1.165, 1.54) is 9.75 Å². The van der Waals surface area contributed by atoms with E-state index in [4.69, 9.17) is 9.72 Å². The number of fused-ring (bicyclic) bond motifs is 1. The van der Waals surface area contributed by atoms with Gasteiger partial charge in [-0.3, -0.25) is 4.79 Å². The van der Waals surface area contributed by atoms with Gasteiger partial charge in [0.15, 0.2) is 5.65 Å². The summed E-state index contributed by atoms with van der Waals surface area (Å²) < 4.78 is 7.00. The van der Waals surface area contributed by atoms with E-state index in [2.05, 4.69) is 44.2 Å². The summed E-state index contributed by atoms with van der Waals surface area (Å²) >= 11 is 1.73. The lowest BCUT2D eigenvalue weighted by Crippen LogP contribution is -2.35. The van der Waals surface area contributed by atoms with Gasteiger partial charge >= 0.3 is 0 Å². The average molecular weight is 387 g/mol. The van der Waals surface area contributed by atoms with Crippen molar-refractivity contribution in [1.82, 2.24) is 20.1 Å². The van der Waals surface area contributed by atoms with Gasteiger partial charge in [-0.25, -0.2) is 9.67 Å². The van der Waals surface area contributed by atoms with Crippen LogP contribution in [0.25, 0.3) is 22.3 Å². The van der Waals surface area contributed by atoms with Crippen LogP contribution >= 0.6 is 11.3 Å². The highest BCUT2D eigenvalue weighted by Crippen LogP contribution is 2.32. The molecule has 0 aromatic carbocycles. The average Bonchev–Trinajstić information content (AvgIpc) is 3.16.